The first-order valence-corrected chi connectivity index (χ1v) is 10.0. The van der Waals surface area contributed by atoms with Crippen LogP contribution in [0.25, 0.3) is 0 Å². The first-order valence-electron chi connectivity index (χ1n) is 10.0. The number of aryl methyl sites for hydroxylation is 2. The Bertz CT molecular complexity index is 817. The van der Waals surface area contributed by atoms with E-state index >= 15 is 0 Å². The second-order valence-corrected chi connectivity index (χ2v) is 7.12. The number of aromatic nitrogens is 2. The third-order valence-corrected chi connectivity index (χ3v) is 5.01. The average molecular weight is 383 g/mol. The molecule has 1 aromatic carbocycles. The molecule has 1 aliphatic heterocycles. The monoisotopic (exact) mass is 382 g/mol. The molecule has 2 heterocycles. The van der Waals surface area contributed by atoms with Crippen molar-refractivity contribution in [2.24, 2.45) is 0 Å². The van der Waals surface area contributed by atoms with Gasteiger partial charge in [-0.05, 0) is 57.0 Å². The van der Waals surface area contributed by atoms with Crippen LogP contribution < -0.4 is 16.0 Å². The molecule has 0 aliphatic carbocycles. The maximum absolute atomic E-state index is 12.8. The number of rotatable bonds is 8. The summed E-state index contributed by atoms with van der Waals surface area (Å²) < 4.78 is 0. The molecule has 1 saturated heterocycles. The number of carbonyl (C=O) groups is 1. The van der Waals surface area contributed by atoms with E-state index in [-0.39, 0.29) is 5.91 Å². The fourth-order valence-electron chi connectivity index (χ4n) is 3.48. The molecule has 7 nitrogen and oxygen atoms in total. The molecule has 3 N–H and O–H groups in total. The second kappa shape index (κ2) is 9.50. The van der Waals surface area contributed by atoms with Crippen LogP contribution >= 0.6 is 0 Å². The van der Waals surface area contributed by atoms with Gasteiger partial charge in [0.2, 0.25) is 5.95 Å². The third kappa shape index (κ3) is 5.19. The first kappa shape index (κ1) is 20.1. The number of benzene rings is 1. The summed E-state index contributed by atoms with van der Waals surface area (Å²) in [5.74, 6) is 1.23. The van der Waals surface area contributed by atoms with Crippen molar-refractivity contribution in [2.45, 2.75) is 33.1 Å². The number of hydrogen-bond acceptors (Lipinski definition) is 6. The molecule has 0 radical (unpaired) electrons. The van der Waals surface area contributed by atoms with Crippen molar-refractivity contribution in [3.05, 3.63) is 41.1 Å². The predicted molar refractivity (Wildman–Crippen MR) is 113 cm³/mol. The van der Waals surface area contributed by atoms with Gasteiger partial charge in [0.15, 0.2) is 0 Å². The zero-order valence-electron chi connectivity index (χ0n) is 17.0. The number of anilines is 3. The lowest BCUT2D eigenvalue weighted by Gasteiger charge is -2.16. The molecule has 0 unspecified atom stereocenters. The van der Waals surface area contributed by atoms with Crippen molar-refractivity contribution in [2.75, 3.05) is 43.9 Å². The first-order chi connectivity index (χ1) is 13.6. The quantitative estimate of drug-likeness (QED) is 0.651. The van der Waals surface area contributed by atoms with E-state index in [9.17, 15) is 4.79 Å². The molecule has 3 rings (SSSR count). The maximum Gasteiger partial charge on any atom is 0.251 e. The number of likely N-dealkylation sites (tertiary alicyclic amines) is 1. The van der Waals surface area contributed by atoms with Gasteiger partial charge >= 0.3 is 0 Å². The van der Waals surface area contributed by atoms with Gasteiger partial charge in [-0.15, -0.1) is 0 Å². The highest BCUT2D eigenvalue weighted by Crippen LogP contribution is 2.20. The van der Waals surface area contributed by atoms with Gasteiger partial charge in [-0.3, -0.25) is 4.79 Å². The highest BCUT2D eigenvalue weighted by molar-refractivity contribution is 5.96. The van der Waals surface area contributed by atoms with Crippen LogP contribution in [-0.2, 0) is 6.42 Å². The summed E-state index contributed by atoms with van der Waals surface area (Å²) in [5.41, 5.74) is 3.40. The molecule has 1 fully saturated rings. The number of hydrogen-bond donors (Lipinski definition) is 3. The zero-order valence-corrected chi connectivity index (χ0v) is 17.0. The predicted octanol–water partition coefficient (Wildman–Crippen LogP) is 2.96. The van der Waals surface area contributed by atoms with E-state index in [4.69, 9.17) is 0 Å². The Kier molecular flexibility index (Phi) is 6.81. The zero-order chi connectivity index (χ0) is 19.9. The molecule has 0 spiro atoms. The van der Waals surface area contributed by atoms with Crippen LogP contribution in [0.5, 0.6) is 0 Å². The van der Waals surface area contributed by atoms with Crippen molar-refractivity contribution in [3.63, 3.8) is 0 Å². The highest BCUT2D eigenvalue weighted by atomic mass is 16.1. The molecule has 1 amide bonds. The van der Waals surface area contributed by atoms with Crippen molar-refractivity contribution in [3.8, 4) is 0 Å². The van der Waals surface area contributed by atoms with Crippen LogP contribution in [0.2, 0.25) is 0 Å². The van der Waals surface area contributed by atoms with E-state index in [1.807, 2.05) is 38.2 Å². The fraction of sp³-hybridized carbons (Fsp3) is 0.476. The van der Waals surface area contributed by atoms with Crippen LogP contribution in [0.3, 0.4) is 0 Å². The third-order valence-electron chi connectivity index (χ3n) is 5.01. The number of nitrogens with one attached hydrogen (secondary N) is 3. The summed E-state index contributed by atoms with van der Waals surface area (Å²) in [6, 6.07) is 7.72. The van der Waals surface area contributed by atoms with E-state index in [0.29, 0.717) is 18.1 Å². The molecule has 1 aliphatic rings. The Morgan fingerprint density at radius 1 is 1.18 bits per heavy atom. The minimum absolute atomic E-state index is 0.0271. The lowest BCUT2D eigenvalue weighted by molar-refractivity contribution is 0.0949. The summed E-state index contributed by atoms with van der Waals surface area (Å²) in [6.45, 7) is 7.85. The highest BCUT2D eigenvalue weighted by Gasteiger charge is 2.14. The van der Waals surface area contributed by atoms with E-state index < -0.39 is 0 Å². The standard InChI is InChI=1S/C21H30N6O/c1-4-16-7-8-17(25-21-24-15(2)13-19(22-3)26-21)14-18(16)20(28)23-9-12-27-10-5-6-11-27/h7-8,13-14H,4-6,9-12H2,1-3H3,(H,23,28)(H2,22,24,25,26). The van der Waals surface area contributed by atoms with Gasteiger partial charge < -0.3 is 20.9 Å². The van der Waals surface area contributed by atoms with Gasteiger partial charge in [0.1, 0.15) is 5.82 Å². The molecular formula is C21H30N6O. The molecule has 0 atom stereocenters. The summed E-state index contributed by atoms with van der Waals surface area (Å²) in [6.07, 6.45) is 3.33. The van der Waals surface area contributed by atoms with E-state index in [0.717, 1.165) is 48.8 Å². The molecule has 1 aromatic heterocycles. The van der Waals surface area contributed by atoms with Crippen molar-refractivity contribution in [1.29, 1.82) is 0 Å². The van der Waals surface area contributed by atoms with Gasteiger partial charge in [-0.25, -0.2) is 4.98 Å². The molecule has 150 valence electrons. The van der Waals surface area contributed by atoms with Gasteiger partial charge in [-0.1, -0.05) is 13.0 Å². The van der Waals surface area contributed by atoms with E-state index in [1.165, 1.54) is 12.8 Å². The minimum Gasteiger partial charge on any atom is -0.373 e. The Balaban J connectivity index is 1.70. The lowest BCUT2D eigenvalue weighted by Crippen LogP contribution is -2.33. The van der Waals surface area contributed by atoms with Gasteiger partial charge in [-0.2, -0.15) is 4.98 Å². The summed E-state index contributed by atoms with van der Waals surface area (Å²) in [7, 11) is 1.83. The normalized spacial score (nSPS) is 14.1. The molecule has 28 heavy (non-hydrogen) atoms. The topological polar surface area (TPSA) is 82.2 Å². The minimum atomic E-state index is -0.0271. The van der Waals surface area contributed by atoms with Crippen LogP contribution in [0.4, 0.5) is 17.5 Å². The van der Waals surface area contributed by atoms with Crippen LogP contribution in [-0.4, -0.2) is 54.0 Å². The Morgan fingerprint density at radius 2 is 1.96 bits per heavy atom. The lowest BCUT2D eigenvalue weighted by atomic mass is 10.0. The van der Waals surface area contributed by atoms with E-state index in [1.54, 1.807) is 0 Å². The number of carbonyl (C=O) groups excluding carboxylic acids is 1. The SMILES string of the molecule is CCc1ccc(Nc2nc(C)cc(NC)n2)cc1C(=O)NCCN1CCCC1. The summed E-state index contributed by atoms with van der Waals surface area (Å²) >= 11 is 0. The fourth-order valence-corrected chi connectivity index (χ4v) is 3.48. The Hall–Kier alpha value is -2.67. The van der Waals surface area contributed by atoms with Crippen molar-refractivity contribution < 1.29 is 4.79 Å². The number of amides is 1. The molecule has 2 aromatic rings. The van der Waals surface area contributed by atoms with Crippen LogP contribution in [0, 0.1) is 6.92 Å². The van der Waals surface area contributed by atoms with Gasteiger partial charge in [0.05, 0.1) is 0 Å². The van der Waals surface area contributed by atoms with Crippen LogP contribution in [0.15, 0.2) is 24.3 Å². The van der Waals surface area contributed by atoms with Gasteiger partial charge in [0, 0.05) is 43.1 Å². The van der Waals surface area contributed by atoms with E-state index in [2.05, 4.69) is 37.7 Å². The molecular weight excluding hydrogens is 352 g/mol. The Labute approximate surface area is 167 Å². The largest absolute Gasteiger partial charge is 0.373 e. The summed E-state index contributed by atoms with van der Waals surface area (Å²) in [5, 5.41) is 9.31. The van der Waals surface area contributed by atoms with Gasteiger partial charge in [0.25, 0.3) is 5.91 Å². The average Bonchev–Trinajstić information content (AvgIpc) is 3.20. The van der Waals surface area contributed by atoms with Crippen LogP contribution in [0.1, 0.15) is 41.4 Å². The second-order valence-electron chi connectivity index (χ2n) is 7.12. The maximum atomic E-state index is 12.8. The molecule has 0 bridgehead atoms. The molecule has 7 heteroatoms. The van der Waals surface area contributed by atoms with Crippen molar-refractivity contribution >= 4 is 23.4 Å². The smallest absolute Gasteiger partial charge is 0.251 e. The molecule has 0 saturated carbocycles. The summed E-state index contributed by atoms with van der Waals surface area (Å²) in [4.78, 5) is 24.0. The number of nitrogens with zero attached hydrogens (tertiary/aromatic N) is 3. The van der Waals surface area contributed by atoms with Crippen molar-refractivity contribution in [1.82, 2.24) is 20.2 Å². The Morgan fingerprint density at radius 3 is 2.68 bits per heavy atom.